The Kier molecular flexibility index (Phi) is 6.62. The van der Waals surface area contributed by atoms with Crippen molar-refractivity contribution in [2.75, 3.05) is 5.32 Å². The molecule has 6 rings (SSSR count). The van der Waals surface area contributed by atoms with Crippen LogP contribution < -0.4 is 5.32 Å². The second-order valence-corrected chi connectivity index (χ2v) is 11.7. The fourth-order valence-electron chi connectivity index (χ4n) is 6.09. The molecule has 1 aromatic carbocycles. The molecule has 1 aliphatic carbocycles. The highest BCUT2D eigenvalue weighted by atomic mass is 19.4. The molecule has 2 aliphatic rings. The van der Waals surface area contributed by atoms with Crippen LogP contribution in [-0.2, 0) is 22.7 Å². The summed E-state index contributed by atoms with van der Waals surface area (Å²) < 4.78 is 40.4. The zero-order valence-corrected chi connectivity index (χ0v) is 23.9. The third kappa shape index (κ3) is 5.37. The fourth-order valence-corrected chi connectivity index (χ4v) is 6.09. The van der Waals surface area contributed by atoms with E-state index < -0.39 is 24.7 Å². The highest BCUT2D eigenvalue weighted by molar-refractivity contribution is 6.07. The van der Waals surface area contributed by atoms with E-state index in [2.05, 4.69) is 25.5 Å². The number of benzene rings is 1. The van der Waals surface area contributed by atoms with Gasteiger partial charge in [0.25, 0.3) is 0 Å². The van der Waals surface area contributed by atoms with Crippen molar-refractivity contribution in [2.24, 2.45) is 5.41 Å². The van der Waals surface area contributed by atoms with Crippen molar-refractivity contribution in [2.45, 2.75) is 71.9 Å². The Hall–Kier alpha value is -4.62. The lowest BCUT2D eigenvalue weighted by Gasteiger charge is -2.26. The van der Waals surface area contributed by atoms with Crippen molar-refractivity contribution in [1.82, 2.24) is 34.4 Å². The van der Waals surface area contributed by atoms with E-state index in [0.717, 1.165) is 29.3 Å². The molecule has 3 atom stereocenters. The third-order valence-electron chi connectivity index (χ3n) is 8.23. The van der Waals surface area contributed by atoms with Crippen LogP contribution in [0.3, 0.4) is 0 Å². The van der Waals surface area contributed by atoms with Crippen LogP contribution in [0.25, 0.3) is 22.0 Å². The Morgan fingerprint density at radius 2 is 1.79 bits per heavy atom. The van der Waals surface area contributed by atoms with Gasteiger partial charge in [0, 0.05) is 48.6 Å². The van der Waals surface area contributed by atoms with Crippen LogP contribution in [-0.4, -0.2) is 70.3 Å². The van der Waals surface area contributed by atoms with E-state index in [4.69, 9.17) is 0 Å². The molecule has 1 N–H and O–H groups in total. The number of carbonyl (C=O) groups excluding carboxylic acids is 3. The van der Waals surface area contributed by atoms with E-state index >= 15 is 0 Å². The highest BCUT2D eigenvalue weighted by Gasteiger charge is 2.64. The number of rotatable bonds is 7. The van der Waals surface area contributed by atoms with Gasteiger partial charge in [-0.3, -0.25) is 23.7 Å². The van der Waals surface area contributed by atoms with Gasteiger partial charge in [-0.05, 0) is 55.4 Å². The van der Waals surface area contributed by atoms with Crippen molar-refractivity contribution >= 4 is 34.3 Å². The summed E-state index contributed by atoms with van der Waals surface area (Å²) in [5.41, 5.74) is 3.00. The molecular formula is C29H29F3N8O3. The SMILES string of the molecule is CC(=O)c1nn(CC(=O)N2[C@H](C(=O)Nc3ccn(CC(F)(F)F)n3)C[C@@]3(C)C[C@@H]23)c2c(C)cc(-c3cnc(C)nc3)cc12. The molecule has 2 amide bonds. The number of aromatic nitrogens is 6. The molecule has 3 aromatic heterocycles. The Labute approximate surface area is 244 Å². The van der Waals surface area contributed by atoms with Gasteiger partial charge >= 0.3 is 6.18 Å². The number of likely N-dealkylation sites (tertiary alicyclic amines) is 1. The van der Waals surface area contributed by atoms with Crippen molar-refractivity contribution < 1.29 is 27.6 Å². The molecular weight excluding hydrogens is 565 g/mol. The van der Waals surface area contributed by atoms with Crippen molar-refractivity contribution in [3.05, 3.63) is 53.9 Å². The van der Waals surface area contributed by atoms with Crippen LogP contribution in [0, 0.1) is 19.3 Å². The maximum atomic E-state index is 13.8. The molecule has 0 bridgehead atoms. The monoisotopic (exact) mass is 594 g/mol. The average Bonchev–Trinajstić information content (AvgIpc) is 3.22. The molecule has 224 valence electrons. The smallest absolute Gasteiger partial charge is 0.325 e. The molecule has 0 radical (unpaired) electrons. The Morgan fingerprint density at radius 3 is 2.47 bits per heavy atom. The zero-order valence-electron chi connectivity index (χ0n) is 23.9. The first-order valence-corrected chi connectivity index (χ1v) is 13.8. The maximum absolute atomic E-state index is 13.8. The van der Waals surface area contributed by atoms with E-state index in [1.165, 1.54) is 17.7 Å². The maximum Gasteiger partial charge on any atom is 0.408 e. The van der Waals surface area contributed by atoms with Gasteiger partial charge in [-0.2, -0.15) is 23.4 Å². The molecule has 1 aliphatic heterocycles. The molecule has 1 saturated carbocycles. The van der Waals surface area contributed by atoms with Crippen molar-refractivity contribution in [1.29, 1.82) is 0 Å². The number of halogens is 3. The summed E-state index contributed by atoms with van der Waals surface area (Å²) in [5, 5.41) is 11.5. The summed E-state index contributed by atoms with van der Waals surface area (Å²) in [6.45, 7) is 5.59. The number of carbonyl (C=O) groups is 3. The number of nitrogens with one attached hydrogen (secondary N) is 1. The highest BCUT2D eigenvalue weighted by Crippen LogP contribution is 2.59. The predicted octanol–water partition coefficient (Wildman–Crippen LogP) is 4.09. The number of nitrogens with zero attached hydrogens (tertiary/aromatic N) is 7. The van der Waals surface area contributed by atoms with Crippen LogP contribution >= 0.6 is 0 Å². The van der Waals surface area contributed by atoms with Gasteiger partial charge in [-0.1, -0.05) is 6.92 Å². The Balaban J connectivity index is 1.27. The number of ketones is 1. The summed E-state index contributed by atoms with van der Waals surface area (Å²) in [6, 6.07) is 4.06. The average molecular weight is 595 g/mol. The second-order valence-electron chi connectivity index (χ2n) is 11.7. The minimum atomic E-state index is -4.45. The van der Waals surface area contributed by atoms with E-state index in [1.807, 2.05) is 26.0 Å². The Bertz CT molecular complexity index is 1780. The minimum absolute atomic E-state index is 0.0260. The largest absolute Gasteiger partial charge is 0.408 e. The lowest BCUT2D eigenvalue weighted by Crippen LogP contribution is -2.46. The molecule has 0 spiro atoms. The number of hydrogen-bond donors (Lipinski definition) is 1. The number of alkyl halides is 3. The van der Waals surface area contributed by atoms with Gasteiger partial charge < -0.3 is 10.2 Å². The summed E-state index contributed by atoms with van der Waals surface area (Å²) in [5.74, 6) is -0.513. The fraction of sp³-hybridized carbons (Fsp3) is 0.414. The van der Waals surface area contributed by atoms with Crippen LogP contribution in [0.15, 0.2) is 36.8 Å². The van der Waals surface area contributed by atoms with E-state index in [-0.39, 0.29) is 41.2 Å². The summed E-state index contributed by atoms with van der Waals surface area (Å²) in [6.07, 6.45) is 1.24. The quantitative estimate of drug-likeness (QED) is 0.319. The van der Waals surface area contributed by atoms with Crippen LogP contribution in [0.2, 0.25) is 0 Å². The normalized spacial score (nSPS) is 21.2. The number of amides is 2. The van der Waals surface area contributed by atoms with Gasteiger partial charge in [0.15, 0.2) is 11.6 Å². The van der Waals surface area contributed by atoms with Gasteiger partial charge in [-0.15, -0.1) is 0 Å². The summed E-state index contributed by atoms with van der Waals surface area (Å²) in [4.78, 5) is 49.8. The molecule has 11 nitrogen and oxygen atoms in total. The molecule has 4 heterocycles. The summed E-state index contributed by atoms with van der Waals surface area (Å²) >= 11 is 0. The predicted molar refractivity (Wildman–Crippen MR) is 149 cm³/mol. The van der Waals surface area contributed by atoms with Gasteiger partial charge in [0.1, 0.15) is 30.6 Å². The van der Waals surface area contributed by atoms with Crippen LogP contribution in [0.4, 0.5) is 19.0 Å². The molecule has 1 saturated heterocycles. The number of piperidine rings is 1. The topological polar surface area (TPSA) is 128 Å². The van der Waals surface area contributed by atoms with E-state index in [1.54, 1.807) is 24.2 Å². The number of fused-ring (bicyclic) bond motifs is 2. The van der Waals surface area contributed by atoms with Gasteiger partial charge in [0.2, 0.25) is 11.8 Å². The lowest BCUT2D eigenvalue weighted by atomic mass is 10.0. The molecule has 0 unspecified atom stereocenters. The Morgan fingerprint density at radius 1 is 1.07 bits per heavy atom. The number of hydrogen-bond acceptors (Lipinski definition) is 7. The number of aryl methyl sites for hydroxylation is 2. The first-order chi connectivity index (χ1) is 20.2. The van der Waals surface area contributed by atoms with Crippen LogP contribution in [0.1, 0.15) is 48.6 Å². The van der Waals surface area contributed by atoms with E-state index in [9.17, 15) is 27.6 Å². The van der Waals surface area contributed by atoms with Gasteiger partial charge in [0.05, 0.1) is 5.52 Å². The standard InChI is InChI=1S/C29H29F3N8O3/c1-15-7-18(19-11-33-17(3)34-12-19)8-20-25(16(2)41)37-39(26(15)20)13-24(42)40-21(9-28(4)10-22(28)40)27(43)35-23-5-6-38(36-23)14-29(30,31)32/h5-8,11-12,21-22H,9-10,13-14H2,1-4H3,(H,35,36,43)/t21-,22+,28-/m0/s1. The summed E-state index contributed by atoms with van der Waals surface area (Å²) in [7, 11) is 0. The molecule has 2 fully saturated rings. The van der Waals surface area contributed by atoms with Crippen molar-refractivity contribution in [3.8, 4) is 11.1 Å². The number of Topliss-reactive ketones (excluding diaryl/α,β-unsaturated/α-hetero) is 1. The van der Waals surface area contributed by atoms with Crippen LogP contribution in [0.5, 0.6) is 0 Å². The first kappa shape index (κ1) is 28.5. The second kappa shape index (κ2) is 9.99. The van der Waals surface area contributed by atoms with Gasteiger partial charge in [-0.25, -0.2) is 9.97 Å². The first-order valence-electron chi connectivity index (χ1n) is 13.8. The zero-order chi connectivity index (χ0) is 30.8. The molecule has 14 heteroatoms. The number of anilines is 1. The molecule has 4 aromatic rings. The minimum Gasteiger partial charge on any atom is -0.325 e. The van der Waals surface area contributed by atoms with E-state index in [0.29, 0.717) is 27.8 Å². The molecule has 43 heavy (non-hydrogen) atoms. The third-order valence-corrected chi connectivity index (χ3v) is 8.23. The lowest BCUT2D eigenvalue weighted by molar-refractivity contribution is -0.142. The van der Waals surface area contributed by atoms with Crippen molar-refractivity contribution in [3.63, 3.8) is 0 Å².